The maximum absolute atomic E-state index is 12.3. The van der Waals surface area contributed by atoms with Gasteiger partial charge in [-0.15, -0.1) is 0 Å². The number of amides is 2. The molecule has 2 saturated heterocycles. The van der Waals surface area contributed by atoms with Crippen molar-refractivity contribution in [3.05, 3.63) is 35.4 Å². The molecule has 2 heterocycles. The molecule has 0 unspecified atom stereocenters. The minimum Gasteiger partial charge on any atom is -0.338 e. The second-order valence-corrected chi connectivity index (χ2v) is 6.90. The molecule has 0 saturated carbocycles. The third-order valence-corrected chi connectivity index (χ3v) is 5.03. The van der Waals surface area contributed by atoms with Crippen molar-refractivity contribution in [2.45, 2.75) is 25.7 Å². The predicted octanol–water partition coefficient (Wildman–Crippen LogP) is 2.23. The van der Waals surface area contributed by atoms with E-state index < -0.39 is 0 Å². The lowest BCUT2D eigenvalue weighted by Gasteiger charge is -2.21. The second-order valence-electron chi connectivity index (χ2n) is 6.90. The van der Waals surface area contributed by atoms with Gasteiger partial charge in [0.25, 0.3) is 0 Å². The number of benzene rings is 1. The number of rotatable bonds is 5. The molecule has 1 N–H and O–H groups in total. The van der Waals surface area contributed by atoms with E-state index in [1.807, 2.05) is 23.1 Å². The van der Waals surface area contributed by atoms with Gasteiger partial charge in [-0.3, -0.25) is 0 Å². The van der Waals surface area contributed by atoms with E-state index >= 15 is 0 Å². The molecule has 0 aliphatic carbocycles. The Bertz CT molecular complexity index is 604. The zero-order valence-electron chi connectivity index (χ0n) is 14.2. The van der Waals surface area contributed by atoms with Gasteiger partial charge in [0.15, 0.2) is 0 Å². The van der Waals surface area contributed by atoms with Crippen molar-refractivity contribution >= 4 is 6.03 Å². The molecule has 5 heteroatoms. The minimum atomic E-state index is 0.0513. The molecular formula is C19H26N4O. The fraction of sp³-hybridized carbons (Fsp3) is 0.579. The van der Waals surface area contributed by atoms with E-state index in [1.54, 1.807) is 6.07 Å². The summed E-state index contributed by atoms with van der Waals surface area (Å²) in [6.07, 6.45) is 4.52. The van der Waals surface area contributed by atoms with Gasteiger partial charge < -0.3 is 15.1 Å². The van der Waals surface area contributed by atoms with Crippen molar-refractivity contribution in [3.63, 3.8) is 0 Å². The van der Waals surface area contributed by atoms with E-state index in [-0.39, 0.29) is 6.03 Å². The molecule has 2 aliphatic heterocycles. The van der Waals surface area contributed by atoms with Gasteiger partial charge in [0, 0.05) is 26.2 Å². The SMILES string of the molecule is N#Cc1cccc(CCNC(=O)N2CC[C@H](CN3CCCC3)C2)c1. The summed E-state index contributed by atoms with van der Waals surface area (Å²) in [4.78, 5) is 16.8. The Morgan fingerprint density at radius 3 is 2.92 bits per heavy atom. The van der Waals surface area contributed by atoms with Crippen LogP contribution < -0.4 is 5.32 Å². The van der Waals surface area contributed by atoms with Gasteiger partial charge in [0.05, 0.1) is 11.6 Å². The summed E-state index contributed by atoms with van der Waals surface area (Å²) in [6.45, 7) is 5.96. The first kappa shape index (κ1) is 16.8. The molecule has 24 heavy (non-hydrogen) atoms. The van der Waals surface area contributed by atoms with Crippen molar-refractivity contribution in [1.29, 1.82) is 5.26 Å². The van der Waals surface area contributed by atoms with E-state index in [4.69, 9.17) is 5.26 Å². The van der Waals surface area contributed by atoms with Crippen molar-refractivity contribution < 1.29 is 4.79 Å². The van der Waals surface area contributed by atoms with Crippen LogP contribution in [-0.4, -0.2) is 55.1 Å². The summed E-state index contributed by atoms with van der Waals surface area (Å²) in [5.74, 6) is 0.626. The zero-order valence-corrected chi connectivity index (χ0v) is 14.2. The number of hydrogen-bond donors (Lipinski definition) is 1. The fourth-order valence-corrected chi connectivity index (χ4v) is 3.72. The first-order valence-corrected chi connectivity index (χ1v) is 8.99. The zero-order chi connectivity index (χ0) is 16.8. The van der Waals surface area contributed by atoms with Crippen LogP contribution in [0.1, 0.15) is 30.4 Å². The lowest BCUT2D eigenvalue weighted by atomic mass is 10.1. The molecule has 3 rings (SSSR count). The maximum atomic E-state index is 12.3. The number of nitrogens with one attached hydrogen (secondary N) is 1. The third kappa shape index (κ3) is 4.48. The van der Waals surface area contributed by atoms with Crippen molar-refractivity contribution in [3.8, 4) is 6.07 Å². The Hall–Kier alpha value is -2.06. The lowest BCUT2D eigenvalue weighted by molar-refractivity contribution is 0.204. The van der Waals surface area contributed by atoms with Crippen LogP contribution in [0.3, 0.4) is 0 Å². The molecule has 2 fully saturated rings. The van der Waals surface area contributed by atoms with Gasteiger partial charge in [-0.25, -0.2) is 4.79 Å². The third-order valence-electron chi connectivity index (χ3n) is 5.03. The fourth-order valence-electron chi connectivity index (χ4n) is 3.72. The maximum Gasteiger partial charge on any atom is 0.317 e. The summed E-state index contributed by atoms with van der Waals surface area (Å²) in [6, 6.07) is 9.76. The number of carbonyl (C=O) groups excluding carboxylic acids is 1. The van der Waals surface area contributed by atoms with Crippen molar-refractivity contribution in [1.82, 2.24) is 15.1 Å². The lowest BCUT2D eigenvalue weighted by Crippen LogP contribution is -2.40. The van der Waals surface area contributed by atoms with E-state index in [1.165, 1.54) is 25.9 Å². The van der Waals surface area contributed by atoms with Crippen LogP contribution in [0.4, 0.5) is 4.79 Å². The molecule has 0 aromatic heterocycles. The molecule has 128 valence electrons. The van der Waals surface area contributed by atoms with Crippen LogP contribution in [-0.2, 0) is 6.42 Å². The smallest absolute Gasteiger partial charge is 0.317 e. The minimum absolute atomic E-state index is 0.0513. The van der Waals surface area contributed by atoms with E-state index in [0.29, 0.717) is 18.0 Å². The van der Waals surface area contributed by atoms with E-state index in [0.717, 1.165) is 38.0 Å². The Labute approximate surface area is 144 Å². The number of hydrogen-bond acceptors (Lipinski definition) is 3. The van der Waals surface area contributed by atoms with Gasteiger partial charge in [-0.2, -0.15) is 5.26 Å². The highest BCUT2D eigenvalue weighted by Crippen LogP contribution is 2.19. The Kier molecular flexibility index (Phi) is 5.71. The molecule has 2 amide bonds. The van der Waals surface area contributed by atoms with Crippen molar-refractivity contribution in [2.75, 3.05) is 39.3 Å². The number of nitriles is 1. The Balaban J connectivity index is 1.38. The van der Waals surface area contributed by atoms with Crippen LogP contribution >= 0.6 is 0 Å². The summed E-state index contributed by atoms with van der Waals surface area (Å²) in [5, 5.41) is 11.9. The van der Waals surface area contributed by atoms with Gasteiger partial charge >= 0.3 is 6.03 Å². The number of carbonyl (C=O) groups is 1. The largest absolute Gasteiger partial charge is 0.338 e. The first-order valence-electron chi connectivity index (χ1n) is 8.99. The van der Waals surface area contributed by atoms with Crippen LogP contribution in [0.25, 0.3) is 0 Å². The number of urea groups is 1. The standard InChI is InChI=1S/C19H26N4O/c20-13-17-5-3-4-16(12-17)6-8-21-19(24)23-11-7-18(15-23)14-22-9-1-2-10-22/h3-5,12,18H,1-2,6-11,14-15H2,(H,21,24)/t18-/m1/s1. The quantitative estimate of drug-likeness (QED) is 0.902. The highest BCUT2D eigenvalue weighted by Gasteiger charge is 2.28. The number of nitrogens with zero attached hydrogens (tertiary/aromatic N) is 3. The monoisotopic (exact) mass is 326 g/mol. The molecule has 0 spiro atoms. The van der Waals surface area contributed by atoms with Gasteiger partial charge in [-0.1, -0.05) is 12.1 Å². The van der Waals surface area contributed by atoms with Crippen LogP contribution in [0.2, 0.25) is 0 Å². The highest BCUT2D eigenvalue weighted by molar-refractivity contribution is 5.74. The summed E-state index contributed by atoms with van der Waals surface area (Å²) in [7, 11) is 0. The molecular weight excluding hydrogens is 300 g/mol. The molecule has 1 atom stereocenters. The molecule has 0 bridgehead atoms. The topological polar surface area (TPSA) is 59.4 Å². The van der Waals surface area contributed by atoms with Gasteiger partial charge in [0.1, 0.15) is 0 Å². The summed E-state index contributed by atoms with van der Waals surface area (Å²) < 4.78 is 0. The second kappa shape index (κ2) is 8.16. The molecule has 1 aromatic rings. The van der Waals surface area contributed by atoms with E-state index in [9.17, 15) is 4.79 Å². The Morgan fingerprint density at radius 2 is 2.12 bits per heavy atom. The van der Waals surface area contributed by atoms with Crippen molar-refractivity contribution in [2.24, 2.45) is 5.92 Å². The van der Waals surface area contributed by atoms with Crippen LogP contribution in [0.5, 0.6) is 0 Å². The summed E-state index contributed by atoms with van der Waals surface area (Å²) >= 11 is 0. The predicted molar refractivity (Wildman–Crippen MR) is 93.6 cm³/mol. The molecule has 5 nitrogen and oxygen atoms in total. The molecule has 0 radical (unpaired) electrons. The highest BCUT2D eigenvalue weighted by atomic mass is 16.2. The molecule has 1 aromatic carbocycles. The normalized spacial score (nSPS) is 21.0. The van der Waals surface area contributed by atoms with Gasteiger partial charge in [-0.05, 0) is 62.4 Å². The number of likely N-dealkylation sites (tertiary alicyclic amines) is 2. The average Bonchev–Trinajstić information content (AvgIpc) is 3.27. The van der Waals surface area contributed by atoms with Crippen LogP contribution in [0, 0.1) is 17.2 Å². The van der Waals surface area contributed by atoms with E-state index in [2.05, 4.69) is 16.3 Å². The van der Waals surface area contributed by atoms with Crippen LogP contribution in [0.15, 0.2) is 24.3 Å². The first-order chi connectivity index (χ1) is 11.7. The molecule has 2 aliphatic rings. The average molecular weight is 326 g/mol. The van der Waals surface area contributed by atoms with Gasteiger partial charge in [0.2, 0.25) is 0 Å². The Morgan fingerprint density at radius 1 is 1.29 bits per heavy atom. The summed E-state index contributed by atoms with van der Waals surface area (Å²) in [5.41, 5.74) is 1.76.